The molecule has 162 valence electrons. The summed E-state index contributed by atoms with van der Waals surface area (Å²) in [5.74, 6) is 0.238. The number of aromatic hydroxyl groups is 1. The van der Waals surface area contributed by atoms with Crippen molar-refractivity contribution < 1.29 is 26.2 Å². The first-order valence-electron chi connectivity index (χ1n) is 10.3. The molecule has 0 spiro atoms. The summed E-state index contributed by atoms with van der Waals surface area (Å²) in [6.45, 7) is 0. The van der Waals surface area contributed by atoms with Crippen LogP contribution in [-0.4, -0.2) is 15.1 Å². The van der Waals surface area contributed by atoms with Gasteiger partial charge in [-0.05, 0) is 24.3 Å². The predicted octanol–water partition coefficient (Wildman–Crippen LogP) is 7.35. The molecule has 6 rings (SSSR count). The third-order valence-electron chi connectivity index (χ3n) is 5.55. The smallest absolute Gasteiger partial charge is 0.127 e. The number of fused-ring (bicyclic) bond motifs is 2. The largest absolute Gasteiger partial charge is 0.507 e. The van der Waals surface area contributed by atoms with Crippen LogP contribution in [0.2, 0.25) is 0 Å². The van der Waals surface area contributed by atoms with Crippen LogP contribution in [0.1, 0.15) is 0 Å². The molecule has 0 atom stereocenters. The van der Waals surface area contributed by atoms with E-state index in [1.54, 1.807) is 23.6 Å². The average Bonchev–Trinajstić information content (AvgIpc) is 3.28. The van der Waals surface area contributed by atoms with Crippen molar-refractivity contribution in [2.24, 2.45) is 0 Å². The number of hydrogen-bond acceptors (Lipinski definition) is 4. The number of aromatic nitrogens is 2. The van der Waals surface area contributed by atoms with E-state index >= 15 is 0 Å². The second-order valence-corrected chi connectivity index (χ2v) is 8.58. The Balaban J connectivity index is 0.00000228. The first-order valence-corrected chi connectivity index (χ1v) is 11.1. The summed E-state index contributed by atoms with van der Waals surface area (Å²) in [5.41, 5.74) is 5.52. The average molecular weight is 625 g/mol. The van der Waals surface area contributed by atoms with Gasteiger partial charge in [0.15, 0.2) is 0 Å². The first kappa shape index (κ1) is 21.5. The summed E-state index contributed by atoms with van der Waals surface area (Å²) in [7, 11) is 0. The van der Waals surface area contributed by atoms with Crippen molar-refractivity contribution in [3.05, 3.63) is 103 Å². The number of rotatable bonds is 3. The second kappa shape index (κ2) is 8.90. The molecule has 5 heteroatoms. The third kappa shape index (κ3) is 3.86. The Hall–Kier alpha value is -3.33. The molecule has 0 fully saturated rings. The van der Waals surface area contributed by atoms with Crippen LogP contribution in [0.4, 0.5) is 0 Å². The Labute approximate surface area is 209 Å². The molecule has 2 aromatic heterocycles. The molecular weight excluding hydrogens is 607 g/mol. The molecule has 6 aromatic rings. The first-order chi connectivity index (χ1) is 15.8. The molecule has 0 bridgehead atoms. The summed E-state index contributed by atoms with van der Waals surface area (Å²) in [6, 6.07) is 33.6. The molecule has 33 heavy (non-hydrogen) atoms. The van der Waals surface area contributed by atoms with Crippen molar-refractivity contribution >= 4 is 32.3 Å². The molecule has 0 unspecified atom stereocenters. The summed E-state index contributed by atoms with van der Waals surface area (Å²) < 4.78 is 1.07. The Morgan fingerprint density at radius 3 is 2.42 bits per heavy atom. The van der Waals surface area contributed by atoms with E-state index in [4.69, 9.17) is 4.98 Å². The molecule has 0 amide bonds. The number of phenolic OH excluding ortho intramolecular Hbond substituents is 1. The van der Waals surface area contributed by atoms with Crippen LogP contribution in [0, 0.1) is 6.07 Å². The van der Waals surface area contributed by atoms with Gasteiger partial charge < -0.3 is 5.11 Å². The molecule has 0 saturated heterocycles. The SMILES string of the molecule is Oc1ccccc1-c1nc2c(-c3[c-]c(-c4ccccn4)cc4ccccc34)cccc2s1.[Pt]. The van der Waals surface area contributed by atoms with E-state index in [-0.39, 0.29) is 26.8 Å². The fourth-order valence-electron chi connectivity index (χ4n) is 4.04. The van der Waals surface area contributed by atoms with E-state index in [1.165, 1.54) is 0 Å². The molecule has 3 nitrogen and oxygen atoms in total. The molecule has 1 N–H and O–H groups in total. The monoisotopic (exact) mass is 624 g/mol. The summed E-state index contributed by atoms with van der Waals surface area (Å²) in [4.78, 5) is 9.49. The Morgan fingerprint density at radius 2 is 1.58 bits per heavy atom. The maximum absolute atomic E-state index is 10.3. The fraction of sp³-hybridized carbons (Fsp3) is 0. The van der Waals surface area contributed by atoms with Crippen LogP contribution in [0.5, 0.6) is 5.75 Å². The van der Waals surface area contributed by atoms with E-state index in [0.29, 0.717) is 0 Å². The number of thiazole rings is 1. The minimum Gasteiger partial charge on any atom is -0.507 e. The third-order valence-corrected chi connectivity index (χ3v) is 6.61. The number of pyridine rings is 1. The van der Waals surface area contributed by atoms with E-state index in [2.05, 4.69) is 53.5 Å². The van der Waals surface area contributed by atoms with Gasteiger partial charge >= 0.3 is 0 Å². The van der Waals surface area contributed by atoms with Gasteiger partial charge in [0.05, 0.1) is 11.1 Å². The number of nitrogens with zero attached hydrogens (tertiary/aromatic N) is 2. The minimum absolute atomic E-state index is 0. The molecule has 0 aliphatic rings. The van der Waals surface area contributed by atoms with Gasteiger partial charge in [-0.1, -0.05) is 82.6 Å². The van der Waals surface area contributed by atoms with Crippen LogP contribution >= 0.6 is 11.3 Å². The van der Waals surface area contributed by atoms with E-state index in [0.717, 1.165) is 53.9 Å². The molecule has 0 aliphatic carbocycles. The van der Waals surface area contributed by atoms with E-state index in [1.807, 2.05) is 42.5 Å². The number of para-hydroxylation sites is 2. The zero-order valence-electron chi connectivity index (χ0n) is 17.3. The van der Waals surface area contributed by atoms with Crippen molar-refractivity contribution in [3.8, 4) is 38.7 Å². The van der Waals surface area contributed by atoms with E-state index < -0.39 is 0 Å². The van der Waals surface area contributed by atoms with Gasteiger partial charge in [-0.25, -0.2) is 4.98 Å². The number of hydrogen-bond donors (Lipinski definition) is 1. The van der Waals surface area contributed by atoms with Gasteiger partial charge in [-0.3, -0.25) is 4.98 Å². The van der Waals surface area contributed by atoms with Crippen LogP contribution < -0.4 is 0 Å². The Morgan fingerprint density at radius 1 is 0.788 bits per heavy atom. The molecular formula is C28H17N2OPtS-. The van der Waals surface area contributed by atoms with Gasteiger partial charge in [-0.2, -0.15) is 0 Å². The van der Waals surface area contributed by atoms with Crippen LogP contribution in [-0.2, 0) is 21.1 Å². The molecule has 2 heterocycles. The van der Waals surface area contributed by atoms with Gasteiger partial charge in [0.1, 0.15) is 10.8 Å². The summed E-state index contributed by atoms with van der Waals surface area (Å²) in [5, 5.41) is 13.4. The minimum atomic E-state index is 0. The zero-order valence-corrected chi connectivity index (χ0v) is 20.4. The Kier molecular flexibility index (Phi) is 5.80. The van der Waals surface area contributed by atoms with Crippen LogP contribution in [0.25, 0.3) is 53.9 Å². The number of benzene rings is 4. The Bertz CT molecular complexity index is 1590. The van der Waals surface area contributed by atoms with Gasteiger partial charge in [0.2, 0.25) is 0 Å². The normalized spacial score (nSPS) is 10.9. The van der Waals surface area contributed by atoms with Crippen LogP contribution in [0.3, 0.4) is 0 Å². The quantitative estimate of drug-likeness (QED) is 0.210. The topological polar surface area (TPSA) is 46.0 Å². The zero-order chi connectivity index (χ0) is 21.5. The van der Waals surface area contributed by atoms with Gasteiger partial charge in [-0.15, -0.1) is 29.0 Å². The fourth-order valence-corrected chi connectivity index (χ4v) is 5.06. The van der Waals surface area contributed by atoms with Crippen molar-refractivity contribution in [2.75, 3.05) is 0 Å². The second-order valence-electron chi connectivity index (χ2n) is 7.55. The van der Waals surface area contributed by atoms with Gasteiger partial charge in [0, 0.05) is 37.7 Å². The summed E-state index contributed by atoms with van der Waals surface area (Å²) in [6.07, 6.45) is 1.80. The van der Waals surface area contributed by atoms with Crippen molar-refractivity contribution in [3.63, 3.8) is 0 Å². The van der Waals surface area contributed by atoms with Gasteiger partial charge in [0.25, 0.3) is 0 Å². The van der Waals surface area contributed by atoms with Crippen LogP contribution in [0.15, 0.2) is 97.2 Å². The standard InChI is InChI=1S/C28H17N2OS.Pt/c31-25-13-4-3-10-22(25)28-30-27-21(11-7-14-26(27)32-28)23-17-19(24-12-5-6-15-29-24)16-18-8-1-2-9-20(18)23;/h1-16,31H;/q-1;. The van der Waals surface area contributed by atoms with Crippen molar-refractivity contribution in [1.29, 1.82) is 0 Å². The molecule has 0 saturated carbocycles. The predicted molar refractivity (Wildman–Crippen MR) is 132 cm³/mol. The van der Waals surface area contributed by atoms with E-state index in [9.17, 15) is 5.11 Å². The molecule has 4 aromatic carbocycles. The van der Waals surface area contributed by atoms with Crippen molar-refractivity contribution in [2.45, 2.75) is 0 Å². The molecule has 0 aliphatic heterocycles. The van der Waals surface area contributed by atoms with Crippen molar-refractivity contribution in [1.82, 2.24) is 9.97 Å². The number of phenols is 1. The maximum atomic E-state index is 10.3. The maximum Gasteiger partial charge on any atom is 0.127 e. The summed E-state index contributed by atoms with van der Waals surface area (Å²) >= 11 is 1.58. The molecule has 0 radical (unpaired) electrons.